The highest BCUT2D eigenvalue weighted by atomic mass is 16.5. The minimum atomic E-state index is -1.07. The second kappa shape index (κ2) is 5.92. The number of aliphatic carboxylic acids is 1. The average molecular weight is 292 g/mol. The summed E-state index contributed by atoms with van der Waals surface area (Å²) in [5.41, 5.74) is 6.59. The van der Waals surface area contributed by atoms with Crippen molar-refractivity contribution in [3.8, 4) is 0 Å². The monoisotopic (exact) mass is 292 g/mol. The molecule has 0 radical (unpaired) electrons. The highest BCUT2D eigenvalue weighted by molar-refractivity contribution is 5.99. The van der Waals surface area contributed by atoms with E-state index in [0.717, 1.165) is 0 Å². The molecule has 0 bridgehead atoms. The van der Waals surface area contributed by atoms with Gasteiger partial charge in [-0.15, -0.1) is 0 Å². The van der Waals surface area contributed by atoms with E-state index in [2.05, 4.69) is 5.32 Å². The van der Waals surface area contributed by atoms with Crippen molar-refractivity contribution in [3.05, 3.63) is 29.3 Å². The predicted molar refractivity (Wildman–Crippen MR) is 73.9 cm³/mol. The molecule has 1 fully saturated rings. The van der Waals surface area contributed by atoms with E-state index in [1.807, 2.05) is 0 Å². The molecule has 0 saturated carbocycles. The normalized spacial score (nSPS) is 21.0. The number of nitrogens with one attached hydrogen (secondary N) is 1. The molecule has 0 aliphatic carbocycles. The maximum atomic E-state index is 12.1. The largest absolute Gasteiger partial charge is 0.479 e. The molecular formula is C14H16N2O5. The van der Waals surface area contributed by atoms with Crippen molar-refractivity contribution < 1.29 is 24.2 Å². The predicted octanol–water partition coefficient (Wildman–Crippen LogP) is 0.665. The van der Waals surface area contributed by atoms with Crippen LogP contribution in [0, 0.1) is 6.92 Å². The number of carbonyl (C=O) groups excluding carboxylic acids is 2. The molecule has 1 aliphatic rings. The number of nitrogens with two attached hydrogens (primary N) is 1. The van der Waals surface area contributed by atoms with Crippen LogP contribution >= 0.6 is 0 Å². The summed E-state index contributed by atoms with van der Waals surface area (Å²) in [4.78, 5) is 34.1. The highest BCUT2D eigenvalue weighted by Gasteiger charge is 2.34. The number of carboxylic acids is 1. The molecule has 21 heavy (non-hydrogen) atoms. The van der Waals surface area contributed by atoms with E-state index in [-0.39, 0.29) is 0 Å². The van der Waals surface area contributed by atoms with Crippen molar-refractivity contribution in [3.63, 3.8) is 0 Å². The van der Waals surface area contributed by atoms with Gasteiger partial charge in [-0.05, 0) is 37.5 Å². The number of rotatable bonds is 4. The SMILES string of the molecule is Cc1c(NC(=O)[C@@H]2CC[C@H](C(=O)O)O2)cccc1C(N)=O. The van der Waals surface area contributed by atoms with Gasteiger partial charge in [0, 0.05) is 11.3 Å². The second-order valence-electron chi connectivity index (χ2n) is 4.86. The first-order valence-corrected chi connectivity index (χ1v) is 6.48. The number of hydrogen-bond donors (Lipinski definition) is 3. The molecule has 4 N–H and O–H groups in total. The fourth-order valence-electron chi connectivity index (χ4n) is 2.26. The van der Waals surface area contributed by atoms with Gasteiger partial charge in [-0.25, -0.2) is 4.79 Å². The molecule has 2 atom stereocenters. The molecule has 0 unspecified atom stereocenters. The molecule has 2 amide bonds. The molecule has 1 heterocycles. The summed E-state index contributed by atoms with van der Waals surface area (Å²) < 4.78 is 5.17. The molecule has 0 spiro atoms. The van der Waals surface area contributed by atoms with Crippen LogP contribution in [0.5, 0.6) is 0 Å². The Morgan fingerprint density at radius 2 is 1.95 bits per heavy atom. The van der Waals surface area contributed by atoms with Crippen molar-refractivity contribution in [2.75, 3.05) is 5.32 Å². The van der Waals surface area contributed by atoms with Gasteiger partial charge < -0.3 is 20.9 Å². The molecule has 1 aliphatic heterocycles. The van der Waals surface area contributed by atoms with Crippen LogP contribution in [-0.4, -0.2) is 35.1 Å². The van der Waals surface area contributed by atoms with E-state index in [1.54, 1.807) is 25.1 Å². The van der Waals surface area contributed by atoms with Crippen LogP contribution in [-0.2, 0) is 14.3 Å². The van der Waals surface area contributed by atoms with Crippen molar-refractivity contribution in [2.24, 2.45) is 5.73 Å². The molecule has 7 heteroatoms. The standard InChI is InChI=1S/C14H16N2O5/c1-7-8(12(15)17)3-2-4-9(7)16-13(18)10-5-6-11(21-10)14(19)20/h2-4,10-11H,5-6H2,1H3,(H2,15,17)(H,16,18)(H,19,20)/t10-,11+/m0/s1. The maximum absolute atomic E-state index is 12.1. The van der Waals surface area contributed by atoms with E-state index in [4.69, 9.17) is 15.6 Å². The van der Waals surface area contributed by atoms with Crippen molar-refractivity contribution in [1.29, 1.82) is 0 Å². The van der Waals surface area contributed by atoms with Crippen LogP contribution < -0.4 is 11.1 Å². The van der Waals surface area contributed by atoms with Crippen LogP contribution in [0.15, 0.2) is 18.2 Å². The summed E-state index contributed by atoms with van der Waals surface area (Å²) in [6.45, 7) is 1.67. The zero-order valence-corrected chi connectivity index (χ0v) is 11.5. The van der Waals surface area contributed by atoms with Gasteiger partial charge in [-0.3, -0.25) is 9.59 Å². The van der Waals surface area contributed by atoms with Crippen LogP contribution in [0.1, 0.15) is 28.8 Å². The molecule has 1 saturated heterocycles. The van der Waals surface area contributed by atoms with Gasteiger partial charge >= 0.3 is 5.97 Å². The van der Waals surface area contributed by atoms with Gasteiger partial charge in [-0.2, -0.15) is 0 Å². The Hall–Kier alpha value is -2.41. The first-order chi connectivity index (χ1) is 9.90. The van der Waals surface area contributed by atoms with E-state index in [9.17, 15) is 14.4 Å². The smallest absolute Gasteiger partial charge is 0.332 e. The van der Waals surface area contributed by atoms with Crippen LogP contribution in [0.3, 0.4) is 0 Å². The van der Waals surface area contributed by atoms with Gasteiger partial charge in [0.05, 0.1) is 0 Å². The molecule has 0 aromatic heterocycles. The minimum Gasteiger partial charge on any atom is -0.479 e. The highest BCUT2D eigenvalue weighted by Crippen LogP contribution is 2.23. The summed E-state index contributed by atoms with van der Waals surface area (Å²) >= 11 is 0. The summed E-state index contributed by atoms with van der Waals surface area (Å²) in [5, 5.41) is 11.5. The Morgan fingerprint density at radius 3 is 2.52 bits per heavy atom. The Balaban J connectivity index is 2.09. The maximum Gasteiger partial charge on any atom is 0.332 e. The summed E-state index contributed by atoms with van der Waals surface area (Å²) in [6.07, 6.45) is -1.10. The Kier molecular flexibility index (Phi) is 4.23. The topological polar surface area (TPSA) is 119 Å². The molecule has 1 aromatic rings. The number of hydrogen-bond acceptors (Lipinski definition) is 4. The van der Waals surface area contributed by atoms with Gasteiger partial charge in [0.25, 0.3) is 5.91 Å². The van der Waals surface area contributed by atoms with Gasteiger partial charge in [0.15, 0.2) is 6.10 Å². The zero-order valence-electron chi connectivity index (χ0n) is 11.5. The number of carbonyl (C=O) groups is 3. The molecular weight excluding hydrogens is 276 g/mol. The molecule has 2 rings (SSSR count). The Labute approximate surface area is 121 Å². The minimum absolute atomic E-state index is 0.299. The van der Waals surface area contributed by atoms with E-state index >= 15 is 0 Å². The lowest BCUT2D eigenvalue weighted by Gasteiger charge is -2.14. The zero-order chi connectivity index (χ0) is 15.6. The van der Waals surface area contributed by atoms with Gasteiger partial charge in [-0.1, -0.05) is 6.07 Å². The van der Waals surface area contributed by atoms with Crippen molar-refractivity contribution in [1.82, 2.24) is 0 Å². The number of benzene rings is 1. The first-order valence-electron chi connectivity index (χ1n) is 6.48. The van der Waals surface area contributed by atoms with Gasteiger partial charge in [0.1, 0.15) is 6.10 Å². The summed E-state index contributed by atoms with van der Waals surface area (Å²) in [6, 6.07) is 4.82. The van der Waals surface area contributed by atoms with Gasteiger partial charge in [0.2, 0.25) is 5.91 Å². The third kappa shape index (κ3) is 3.19. The number of carboxylic acid groups (broad SMARTS) is 1. The van der Waals surface area contributed by atoms with E-state index < -0.39 is 30.0 Å². The lowest BCUT2D eigenvalue weighted by Crippen LogP contribution is -2.30. The van der Waals surface area contributed by atoms with Crippen molar-refractivity contribution >= 4 is 23.5 Å². The van der Waals surface area contributed by atoms with Crippen molar-refractivity contribution in [2.45, 2.75) is 32.0 Å². The molecule has 7 nitrogen and oxygen atoms in total. The quantitative estimate of drug-likeness (QED) is 0.753. The molecule has 112 valence electrons. The average Bonchev–Trinajstić information content (AvgIpc) is 2.90. The third-order valence-corrected chi connectivity index (χ3v) is 3.44. The molecule has 1 aromatic carbocycles. The lowest BCUT2D eigenvalue weighted by molar-refractivity contribution is -0.150. The number of amides is 2. The third-order valence-electron chi connectivity index (χ3n) is 3.44. The fourth-order valence-corrected chi connectivity index (χ4v) is 2.26. The lowest BCUT2D eigenvalue weighted by atomic mass is 10.1. The van der Waals surface area contributed by atoms with E-state index in [0.29, 0.717) is 29.7 Å². The van der Waals surface area contributed by atoms with E-state index in [1.165, 1.54) is 0 Å². The number of primary amides is 1. The van der Waals surface area contributed by atoms with Crippen LogP contribution in [0.2, 0.25) is 0 Å². The van der Waals surface area contributed by atoms with Crippen LogP contribution in [0.4, 0.5) is 5.69 Å². The number of ether oxygens (including phenoxy) is 1. The second-order valence-corrected chi connectivity index (χ2v) is 4.86. The summed E-state index contributed by atoms with van der Waals surface area (Å²) in [7, 11) is 0. The summed E-state index contributed by atoms with van der Waals surface area (Å²) in [5.74, 6) is -2.08. The Morgan fingerprint density at radius 1 is 1.29 bits per heavy atom. The van der Waals surface area contributed by atoms with Crippen LogP contribution in [0.25, 0.3) is 0 Å². The fraction of sp³-hybridized carbons (Fsp3) is 0.357. The number of anilines is 1. The Bertz CT molecular complexity index is 599. The first kappa shape index (κ1) is 15.0.